The molecule has 2 aromatic rings. The van der Waals surface area contributed by atoms with Crippen molar-refractivity contribution in [2.24, 2.45) is 5.73 Å². The first kappa shape index (κ1) is 10.2. The number of nitrogens with zero attached hydrogens (tertiary/aromatic N) is 1. The lowest BCUT2D eigenvalue weighted by molar-refractivity contribution is 0.654. The Morgan fingerprint density at radius 2 is 2.20 bits per heavy atom. The Balaban J connectivity index is 2.36. The minimum absolute atomic E-state index is 0.277. The van der Waals surface area contributed by atoms with Crippen LogP contribution in [-0.2, 0) is 6.42 Å². The molecule has 0 aliphatic rings. The summed E-state index contributed by atoms with van der Waals surface area (Å²) in [6, 6.07) is 8.80. The van der Waals surface area contributed by atoms with E-state index in [1.807, 2.05) is 0 Å². The third kappa shape index (κ3) is 2.05. The summed E-state index contributed by atoms with van der Waals surface area (Å²) in [5.74, 6) is 0. The van der Waals surface area contributed by atoms with E-state index in [2.05, 4.69) is 48.7 Å². The number of hydrogen-bond acceptors (Lipinski definition) is 1. The van der Waals surface area contributed by atoms with Crippen LogP contribution in [-0.4, -0.2) is 10.4 Å². The molecule has 0 saturated carbocycles. The zero-order chi connectivity index (χ0) is 10.8. The molecule has 15 heavy (non-hydrogen) atoms. The molecule has 2 heteroatoms. The van der Waals surface area contributed by atoms with Crippen molar-refractivity contribution in [1.82, 2.24) is 4.40 Å². The maximum absolute atomic E-state index is 5.79. The number of aryl methyl sites for hydroxylation is 2. The van der Waals surface area contributed by atoms with Crippen LogP contribution in [0.25, 0.3) is 5.52 Å². The van der Waals surface area contributed by atoms with Crippen molar-refractivity contribution >= 4 is 5.52 Å². The summed E-state index contributed by atoms with van der Waals surface area (Å²) in [6.45, 7) is 4.23. The minimum Gasteiger partial charge on any atom is -0.328 e. The molecule has 2 nitrogen and oxygen atoms in total. The van der Waals surface area contributed by atoms with Gasteiger partial charge in [-0.1, -0.05) is 6.07 Å². The molecule has 0 fully saturated rings. The zero-order valence-corrected chi connectivity index (χ0v) is 9.40. The van der Waals surface area contributed by atoms with Gasteiger partial charge in [0, 0.05) is 23.4 Å². The fourth-order valence-electron chi connectivity index (χ4n) is 2.00. The lowest BCUT2D eigenvalue weighted by atomic mass is 10.1. The smallest absolute Gasteiger partial charge is 0.0455 e. The molecule has 0 aliphatic heterocycles. The summed E-state index contributed by atoms with van der Waals surface area (Å²) < 4.78 is 2.26. The van der Waals surface area contributed by atoms with Crippen LogP contribution in [0.5, 0.6) is 0 Å². The van der Waals surface area contributed by atoms with Gasteiger partial charge >= 0.3 is 0 Å². The average Bonchev–Trinajstić information content (AvgIpc) is 2.50. The Morgan fingerprint density at radius 3 is 2.93 bits per heavy atom. The van der Waals surface area contributed by atoms with Gasteiger partial charge in [0.05, 0.1) is 0 Å². The van der Waals surface area contributed by atoms with E-state index in [0.717, 1.165) is 12.8 Å². The van der Waals surface area contributed by atoms with E-state index < -0.39 is 0 Å². The maximum atomic E-state index is 5.79. The number of hydrogen-bond donors (Lipinski definition) is 1. The van der Waals surface area contributed by atoms with Crippen molar-refractivity contribution in [2.45, 2.75) is 32.7 Å². The molecule has 0 aliphatic carbocycles. The normalized spacial score (nSPS) is 13.3. The van der Waals surface area contributed by atoms with Gasteiger partial charge in [0.1, 0.15) is 0 Å². The summed E-state index contributed by atoms with van der Waals surface area (Å²) in [5, 5.41) is 0. The Kier molecular flexibility index (Phi) is 2.78. The van der Waals surface area contributed by atoms with Crippen LogP contribution in [0.1, 0.15) is 24.6 Å². The van der Waals surface area contributed by atoms with Crippen molar-refractivity contribution in [1.29, 1.82) is 0 Å². The molecule has 2 aromatic heterocycles. The molecule has 0 radical (unpaired) electrons. The van der Waals surface area contributed by atoms with E-state index >= 15 is 0 Å². The number of aromatic nitrogens is 1. The highest BCUT2D eigenvalue weighted by molar-refractivity contribution is 5.53. The highest BCUT2D eigenvalue weighted by Crippen LogP contribution is 2.17. The van der Waals surface area contributed by atoms with Crippen LogP contribution in [0.4, 0.5) is 0 Å². The van der Waals surface area contributed by atoms with E-state index in [9.17, 15) is 0 Å². The van der Waals surface area contributed by atoms with Crippen LogP contribution >= 0.6 is 0 Å². The van der Waals surface area contributed by atoms with Crippen molar-refractivity contribution in [3.63, 3.8) is 0 Å². The fraction of sp³-hybridized carbons (Fsp3) is 0.385. The van der Waals surface area contributed by atoms with Gasteiger partial charge in [-0.3, -0.25) is 0 Å². The lowest BCUT2D eigenvalue weighted by Crippen LogP contribution is -2.16. The Hall–Kier alpha value is -1.28. The maximum Gasteiger partial charge on any atom is 0.0455 e. The summed E-state index contributed by atoms with van der Waals surface area (Å²) in [5.41, 5.74) is 9.82. The number of nitrogens with two attached hydrogens (primary N) is 1. The molecule has 0 amide bonds. The summed E-state index contributed by atoms with van der Waals surface area (Å²) in [4.78, 5) is 0. The van der Waals surface area contributed by atoms with E-state index in [0.29, 0.717) is 0 Å². The van der Waals surface area contributed by atoms with Crippen LogP contribution in [0, 0.1) is 6.92 Å². The highest BCUT2D eigenvalue weighted by atomic mass is 14.9. The number of rotatable bonds is 3. The summed E-state index contributed by atoms with van der Waals surface area (Å²) in [7, 11) is 0. The van der Waals surface area contributed by atoms with Crippen molar-refractivity contribution < 1.29 is 0 Å². The molecule has 0 aromatic carbocycles. The number of pyridine rings is 1. The quantitative estimate of drug-likeness (QED) is 0.814. The van der Waals surface area contributed by atoms with Gasteiger partial charge in [-0.25, -0.2) is 0 Å². The Morgan fingerprint density at radius 1 is 1.40 bits per heavy atom. The topological polar surface area (TPSA) is 30.4 Å². The Labute approximate surface area is 90.7 Å². The molecule has 2 rings (SSSR count). The minimum atomic E-state index is 0.277. The highest BCUT2D eigenvalue weighted by Gasteiger charge is 2.06. The van der Waals surface area contributed by atoms with Gasteiger partial charge < -0.3 is 10.1 Å². The van der Waals surface area contributed by atoms with Crippen molar-refractivity contribution in [3.05, 3.63) is 41.7 Å². The first-order chi connectivity index (χ1) is 7.18. The third-order valence-electron chi connectivity index (χ3n) is 2.84. The van der Waals surface area contributed by atoms with E-state index in [1.54, 1.807) is 0 Å². The fourth-order valence-corrected chi connectivity index (χ4v) is 2.00. The van der Waals surface area contributed by atoms with Crippen LogP contribution in [0.15, 0.2) is 30.5 Å². The molecule has 2 N–H and O–H groups in total. The van der Waals surface area contributed by atoms with Crippen molar-refractivity contribution in [2.75, 3.05) is 0 Å². The molecular weight excluding hydrogens is 184 g/mol. The second kappa shape index (κ2) is 4.07. The van der Waals surface area contributed by atoms with Gasteiger partial charge in [0.2, 0.25) is 0 Å². The first-order valence-corrected chi connectivity index (χ1v) is 5.49. The summed E-state index contributed by atoms with van der Waals surface area (Å²) in [6.07, 6.45) is 4.22. The average molecular weight is 202 g/mol. The second-order valence-electron chi connectivity index (χ2n) is 4.29. The molecule has 0 saturated heterocycles. The van der Waals surface area contributed by atoms with Crippen LogP contribution < -0.4 is 5.73 Å². The molecule has 1 unspecified atom stereocenters. The lowest BCUT2D eigenvalue weighted by Gasteiger charge is -2.06. The first-order valence-electron chi connectivity index (χ1n) is 5.49. The molecular formula is C13H18N2. The predicted octanol–water partition coefficient (Wildman–Crippen LogP) is 2.53. The largest absolute Gasteiger partial charge is 0.328 e. The van der Waals surface area contributed by atoms with Crippen LogP contribution in [0.3, 0.4) is 0 Å². The monoisotopic (exact) mass is 202 g/mol. The molecule has 80 valence electrons. The molecule has 2 heterocycles. The standard InChI is InChI=1S/C13H18N2/c1-10-9-12-5-3-4-8-15(12)13(10)7-6-11(2)14/h3-5,8-9,11H,6-7,14H2,1-2H3. The van der Waals surface area contributed by atoms with E-state index in [4.69, 9.17) is 5.73 Å². The molecule has 0 spiro atoms. The van der Waals surface area contributed by atoms with E-state index in [1.165, 1.54) is 16.8 Å². The SMILES string of the molecule is Cc1cc2ccccn2c1CCC(C)N. The third-order valence-corrected chi connectivity index (χ3v) is 2.84. The molecule has 1 atom stereocenters. The second-order valence-corrected chi connectivity index (χ2v) is 4.29. The van der Waals surface area contributed by atoms with Gasteiger partial charge in [-0.2, -0.15) is 0 Å². The predicted molar refractivity (Wildman–Crippen MR) is 64.1 cm³/mol. The van der Waals surface area contributed by atoms with Crippen LogP contribution in [0.2, 0.25) is 0 Å². The zero-order valence-electron chi connectivity index (χ0n) is 9.40. The van der Waals surface area contributed by atoms with Gasteiger partial charge in [0.15, 0.2) is 0 Å². The van der Waals surface area contributed by atoms with Gasteiger partial charge in [-0.15, -0.1) is 0 Å². The van der Waals surface area contributed by atoms with Gasteiger partial charge in [-0.05, 0) is 50.5 Å². The molecule has 0 bridgehead atoms. The van der Waals surface area contributed by atoms with Crippen molar-refractivity contribution in [3.8, 4) is 0 Å². The van der Waals surface area contributed by atoms with Gasteiger partial charge in [0.25, 0.3) is 0 Å². The Bertz CT molecular complexity index is 455. The van der Waals surface area contributed by atoms with E-state index in [-0.39, 0.29) is 6.04 Å². The number of fused-ring (bicyclic) bond motifs is 1. The summed E-state index contributed by atoms with van der Waals surface area (Å²) >= 11 is 0.